The lowest BCUT2D eigenvalue weighted by molar-refractivity contribution is -0.0511. The Morgan fingerprint density at radius 3 is 2.83 bits per heavy atom. The molecule has 1 fully saturated rings. The molecule has 10 heteroatoms. The normalized spacial score (nSPS) is 27.5. The second-order valence-electron chi connectivity index (χ2n) is 4.95. The summed E-state index contributed by atoms with van der Waals surface area (Å²) in [5.74, 6) is 0.172. The number of aromatic nitrogens is 4. The summed E-state index contributed by atoms with van der Waals surface area (Å²) < 4.78 is 12.3. The number of ether oxygens (including phenoxy) is 2. The molecule has 0 radical (unpaired) electrons. The van der Waals surface area contributed by atoms with Crippen LogP contribution in [-0.2, 0) is 4.74 Å². The van der Waals surface area contributed by atoms with Crippen molar-refractivity contribution in [3.63, 3.8) is 0 Å². The Hall–Kier alpha value is -1.78. The Kier molecular flexibility index (Phi) is 4.46. The lowest BCUT2D eigenvalue weighted by Crippen LogP contribution is -2.33. The van der Waals surface area contributed by atoms with E-state index in [1.807, 2.05) is 0 Å². The Morgan fingerprint density at radius 2 is 2.17 bits per heavy atom. The second kappa shape index (κ2) is 6.38. The number of hydrogen-bond acceptors (Lipinski definition) is 8. The first-order chi connectivity index (χ1) is 11.1. The number of rotatable bonds is 5. The van der Waals surface area contributed by atoms with E-state index >= 15 is 0 Å². The average molecular weight is 343 g/mol. The molecule has 9 nitrogen and oxygen atoms in total. The van der Waals surface area contributed by atoms with Crippen LogP contribution < -0.4 is 4.74 Å². The molecule has 2 aromatic heterocycles. The Labute approximate surface area is 135 Å². The number of nitrogens with zero attached hydrogens (tertiary/aromatic N) is 4. The molecule has 23 heavy (non-hydrogen) atoms. The van der Waals surface area contributed by atoms with Crippen molar-refractivity contribution in [1.82, 2.24) is 19.5 Å². The van der Waals surface area contributed by atoms with Gasteiger partial charge in [-0.3, -0.25) is 4.57 Å². The molecule has 0 unspecified atom stereocenters. The highest BCUT2D eigenvalue weighted by Gasteiger charge is 2.44. The smallest absolute Gasteiger partial charge is 0.247 e. The van der Waals surface area contributed by atoms with Crippen molar-refractivity contribution in [2.75, 3.05) is 13.2 Å². The van der Waals surface area contributed by atoms with Crippen LogP contribution in [0, 0.1) is 0 Å². The molecule has 124 valence electrons. The molecule has 0 amide bonds. The van der Waals surface area contributed by atoms with Crippen molar-refractivity contribution in [1.29, 1.82) is 0 Å². The Balaban J connectivity index is 2.02. The summed E-state index contributed by atoms with van der Waals surface area (Å²) in [6, 6.07) is 0. The maximum atomic E-state index is 10.1. The van der Waals surface area contributed by atoms with E-state index < -0.39 is 31.1 Å². The molecule has 4 atom stereocenters. The van der Waals surface area contributed by atoms with Gasteiger partial charge in [0.25, 0.3) is 0 Å². The van der Waals surface area contributed by atoms with Crippen molar-refractivity contribution in [3.05, 3.63) is 24.3 Å². The van der Waals surface area contributed by atoms with Crippen LogP contribution in [0.15, 0.2) is 19.0 Å². The van der Waals surface area contributed by atoms with Crippen LogP contribution in [0.5, 0.6) is 5.88 Å². The predicted octanol–water partition coefficient (Wildman–Crippen LogP) is -0.344. The fourth-order valence-electron chi connectivity index (χ4n) is 2.40. The van der Waals surface area contributed by atoms with Gasteiger partial charge in [-0.2, -0.15) is 9.97 Å². The average Bonchev–Trinajstić information content (AvgIpc) is 3.07. The highest BCUT2D eigenvalue weighted by molar-refractivity contribution is 6.28. The largest absolute Gasteiger partial charge is 0.472 e. The number of aliphatic hydroxyl groups is 3. The first-order valence-electron chi connectivity index (χ1n) is 6.83. The molecule has 1 saturated heterocycles. The summed E-state index contributed by atoms with van der Waals surface area (Å²) >= 11 is 5.90. The third-order valence-corrected chi connectivity index (χ3v) is 3.66. The highest BCUT2D eigenvalue weighted by Crippen LogP contribution is 2.33. The maximum Gasteiger partial charge on any atom is 0.247 e. The lowest BCUT2D eigenvalue weighted by Gasteiger charge is -2.16. The molecule has 3 rings (SSSR count). The summed E-state index contributed by atoms with van der Waals surface area (Å²) in [5, 5.41) is 29.1. The van der Waals surface area contributed by atoms with Crippen molar-refractivity contribution < 1.29 is 24.8 Å². The Morgan fingerprint density at radius 1 is 1.39 bits per heavy atom. The number of aliphatic hydroxyl groups excluding tert-OH is 3. The number of hydrogen-bond donors (Lipinski definition) is 3. The van der Waals surface area contributed by atoms with Crippen LogP contribution in [0.4, 0.5) is 0 Å². The van der Waals surface area contributed by atoms with Crippen molar-refractivity contribution in [2.45, 2.75) is 24.5 Å². The zero-order valence-electron chi connectivity index (χ0n) is 11.9. The van der Waals surface area contributed by atoms with E-state index in [2.05, 4.69) is 21.5 Å². The minimum atomic E-state index is -1.25. The topological polar surface area (TPSA) is 123 Å². The van der Waals surface area contributed by atoms with Gasteiger partial charge in [0, 0.05) is 0 Å². The molecule has 1 aliphatic rings. The van der Waals surface area contributed by atoms with Gasteiger partial charge in [0.15, 0.2) is 17.4 Å². The lowest BCUT2D eigenvalue weighted by atomic mass is 10.1. The van der Waals surface area contributed by atoms with Crippen molar-refractivity contribution >= 4 is 22.8 Å². The minimum Gasteiger partial charge on any atom is -0.472 e. The monoisotopic (exact) mass is 342 g/mol. The van der Waals surface area contributed by atoms with Gasteiger partial charge in [-0.1, -0.05) is 12.7 Å². The van der Waals surface area contributed by atoms with Crippen molar-refractivity contribution in [2.24, 2.45) is 0 Å². The molecule has 0 bridgehead atoms. The molecule has 2 aromatic rings. The summed E-state index contributed by atoms with van der Waals surface area (Å²) in [7, 11) is 0. The van der Waals surface area contributed by atoms with Crippen LogP contribution in [0.3, 0.4) is 0 Å². The molecular formula is C13H15ClN4O5. The van der Waals surface area contributed by atoms with E-state index in [0.717, 1.165) is 0 Å². The van der Waals surface area contributed by atoms with Crippen LogP contribution in [0.2, 0.25) is 5.28 Å². The summed E-state index contributed by atoms with van der Waals surface area (Å²) in [5.41, 5.74) is 0.605. The van der Waals surface area contributed by atoms with Crippen LogP contribution in [-0.4, -0.2) is 66.4 Å². The SMILES string of the molecule is C=CCOc1nc(Cl)nc2c1ncn2[C@@H]1O[C@H](CO)[C@@H](O)[C@H]1O. The molecule has 0 spiro atoms. The van der Waals surface area contributed by atoms with E-state index in [-0.39, 0.29) is 23.4 Å². The van der Waals surface area contributed by atoms with Gasteiger partial charge >= 0.3 is 0 Å². The first-order valence-corrected chi connectivity index (χ1v) is 7.20. The minimum absolute atomic E-state index is 0.0648. The first kappa shape index (κ1) is 16.1. The quantitative estimate of drug-likeness (QED) is 0.498. The van der Waals surface area contributed by atoms with Crippen LogP contribution in [0.1, 0.15) is 6.23 Å². The van der Waals surface area contributed by atoms with Crippen molar-refractivity contribution in [3.8, 4) is 5.88 Å². The van der Waals surface area contributed by atoms with Gasteiger partial charge in [0.1, 0.15) is 24.9 Å². The number of imidazole rings is 1. The number of halogens is 1. The van der Waals surface area contributed by atoms with Gasteiger partial charge in [0.2, 0.25) is 11.2 Å². The summed E-state index contributed by atoms with van der Waals surface area (Å²) in [6.07, 6.45) is -1.43. The molecule has 0 aliphatic carbocycles. The highest BCUT2D eigenvalue weighted by atomic mass is 35.5. The van der Waals surface area contributed by atoms with E-state index in [1.165, 1.54) is 10.9 Å². The van der Waals surface area contributed by atoms with E-state index in [1.54, 1.807) is 6.08 Å². The van der Waals surface area contributed by atoms with Gasteiger partial charge in [0.05, 0.1) is 12.9 Å². The van der Waals surface area contributed by atoms with Crippen LogP contribution >= 0.6 is 11.6 Å². The summed E-state index contributed by atoms with van der Waals surface area (Å²) in [4.78, 5) is 12.2. The third-order valence-electron chi connectivity index (χ3n) is 3.49. The molecular weight excluding hydrogens is 328 g/mol. The number of fused-ring (bicyclic) bond motifs is 1. The molecule has 0 saturated carbocycles. The van der Waals surface area contributed by atoms with E-state index in [0.29, 0.717) is 5.52 Å². The van der Waals surface area contributed by atoms with Gasteiger partial charge < -0.3 is 24.8 Å². The second-order valence-corrected chi connectivity index (χ2v) is 5.29. The molecule has 3 N–H and O–H groups in total. The Bertz CT molecular complexity index is 724. The predicted molar refractivity (Wildman–Crippen MR) is 79.0 cm³/mol. The fourth-order valence-corrected chi connectivity index (χ4v) is 2.56. The summed E-state index contributed by atoms with van der Waals surface area (Å²) in [6.45, 7) is 3.34. The fraction of sp³-hybridized carbons (Fsp3) is 0.462. The zero-order valence-corrected chi connectivity index (χ0v) is 12.7. The van der Waals surface area contributed by atoms with Gasteiger partial charge in [-0.15, -0.1) is 0 Å². The van der Waals surface area contributed by atoms with E-state index in [9.17, 15) is 15.3 Å². The molecule has 1 aliphatic heterocycles. The van der Waals surface area contributed by atoms with E-state index in [4.69, 9.17) is 21.1 Å². The van der Waals surface area contributed by atoms with Gasteiger partial charge in [-0.05, 0) is 11.6 Å². The van der Waals surface area contributed by atoms with Crippen LogP contribution in [0.25, 0.3) is 11.2 Å². The zero-order chi connectivity index (χ0) is 16.6. The molecule has 0 aromatic carbocycles. The third kappa shape index (κ3) is 2.77. The standard InChI is InChI=1S/C13H15ClN4O5/c1-2-3-22-11-7-10(16-13(14)17-11)18(5-15-7)12-9(21)8(20)6(4-19)23-12/h2,5-6,8-9,12,19-21H,1,3-4H2/t6-,8-,9-,12-/m1/s1. The van der Waals surface area contributed by atoms with Gasteiger partial charge in [-0.25, -0.2) is 4.98 Å². The molecule has 3 heterocycles. The maximum absolute atomic E-state index is 10.1.